The zero-order chi connectivity index (χ0) is 18.5. The van der Waals surface area contributed by atoms with E-state index in [-0.39, 0.29) is 16.4 Å². The van der Waals surface area contributed by atoms with Gasteiger partial charge in [0, 0.05) is 32.3 Å². The summed E-state index contributed by atoms with van der Waals surface area (Å²) in [4.78, 5) is 21.8. The summed E-state index contributed by atoms with van der Waals surface area (Å²) >= 11 is 0. The fraction of sp³-hybridized carbons (Fsp3) is 0.467. The van der Waals surface area contributed by atoms with Crippen LogP contribution in [0.2, 0.25) is 0 Å². The molecule has 0 aromatic carbocycles. The molecule has 3 aromatic heterocycles. The first kappa shape index (κ1) is 16.8. The maximum atomic E-state index is 12.2. The van der Waals surface area contributed by atoms with E-state index in [1.54, 1.807) is 11.7 Å². The molecule has 138 valence electrons. The highest BCUT2D eigenvalue weighted by molar-refractivity contribution is 7.90. The number of hydrogen-bond donors (Lipinski definition) is 2. The average molecular weight is 377 g/mol. The Bertz CT molecular complexity index is 1120. The lowest BCUT2D eigenvalue weighted by atomic mass is 9.94. The van der Waals surface area contributed by atoms with Gasteiger partial charge in [-0.3, -0.25) is 19.6 Å². The van der Waals surface area contributed by atoms with E-state index >= 15 is 0 Å². The number of aromatic amines is 2. The van der Waals surface area contributed by atoms with Gasteiger partial charge in [-0.25, -0.2) is 8.42 Å². The Labute approximate surface area is 149 Å². The molecule has 11 heteroatoms. The number of sulfone groups is 1. The van der Waals surface area contributed by atoms with Gasteiger partial charge < -0.3 is 4.90 Å². The Balaban J connectivity index is 1.57. The summed E-state index contributed by atoms with van der Waals surface area (Å²) in [6.45, 7) is 1.30. The first-order chi connectivity index (χ1) is 12.3. The monoisotopic (exact) mass is 377 g/mol. The predicted molar refractivity (Wildman–Crippen MR) is 95.0 cm³/mol. The molecule has 0 bridgehead atoms. The van der Waals surface area contributed by atoms with Crippen molar-refractivity contribution in [1.29, 1.82) is 0 Å². The van der Waals surface area contributed by atoms with Gasteiger partial charge in [-0.2, -0.15) is 15.2 Å². The lowest BCUT2D eigenvalue weighted by molar-refractivity contribution is 0.483. The molecule has 1 saturated heterocycles. The Morgan fingerprint density at radius 1 is 1.23 bits per heavy atom. The summed E-state index contributed by atoms with van der Waals surface area (Å²) in [5.74, 6) is 0.586. The third-order valence-corrected chi connectivity index (χ3v) is 5.95. The Morgan fingerprint density at radius 2 is 1.96 bits per heavy atom. The number of anilines is 1. The van der Waals surface area contributed by atoms with Crippen LogP contribution in [-0.4, -0.2) is 57.7 Å². The fourth-order valence-electron chi connectivity index (χ4n) is 3.42. The lowest BCUT2D eigenvalue weighted by Gasteiger charge is -2.32. The van der Waals surface area contributed by atoms with E-state index in [4.69, 9.17) is 0 Å². The van der Waals surface area contributed by atoms with Crippen LogP contribution in [0.5, 0.6) is 0 Å². The number of hydrogen-bond acceptors (Lipinski definition) is 7. The molecule has 3 aromatic rings. The highest BCUT2D eigenvalue weighted by atomic mass is 32.2. The van der Waals surface area contributed by atoms with Crippen LogP contribution in [0, 0.1) is 0 Å². The Kier molecular flexibility index (Phi) is 3.83. The van der Waals surface area contributed by atoms with Crippen LogP contribution >= 0.6 is 0 Å². The Hall–Kier alpha value is -2.69. The third-order valence-electron chi connectivity index (χ3n) is 4.82. The van der Waals surface area contributed by atoms with Gasteiger partial charge in [0.1, 0.15) is 10.3 Å². The van der Waals surface area contributed by atoms with E-state index < -0.39 is 9.84 Å². The van der Waals surface area contributed by atoms with Crippen LogP contribution in [0.4, 0.5) is 5.95 Å². The lowest BCUT2D eigenvalue weighted by Crippen LogP contribution is -2.35. The van der Waals surface area contributed by atoms with Crippen LogP contribution in [0.15, 0.2) is 22.1 Å². The zero-order valence-electron chi connectivity index (χ0n) is 14.4. The molecule has 0 radical (unpaired) electrons. The minimum atomic E-state index is -3.31. The number of H-pyrrole nitrogens is 2. The van der Waals surface area contributed by atoms with Crippen LogP contribution in [0.3, 0.4) is 0 Å². The van der Waals surface area contributed by atoms with E-state index in [2.05, 4.69) is 25.3 Å². The number of piperidine rings is 1. The van der Waals surface area contributed by atoms with Gasteiger partial charge in [0.05, 0.1) is 18.1 Å². The number of nitrogens with one attached hydrogen (secondary N) is 2. The molecule has 2 N–H and O–H groups in total. The predicted octanol–water partition coefficient (Wildman–Crippen LogP) is 0.167. The summed E-state index contributed by atoms with van der Waals surface area (Å²) in [6, 6.07) is 0. The van der Waals surface area contributed by atoms with Gasteiger partial charge in [-0.05, 0) is 12.8 Å². The topological polar surface area (TPSA) is 130 Å². The van der Waals surface area contributed by atoms with Gasteiger partial charge in [-0.1, -0.05) is 0 Å². The maximum absolute atomic E-state index is 12.2. The van der Waals surface area contributed by atoms with Crippen molar-refractivity contribution in [1.82, 2.24) is 29.9 Å². The standard InChI is InChI=1S/C15H19N7O3S/c1-21-13-10(7-17-21)14(23)19-15(18-13)22-5-3-9(4-6-22)12-11(8-16-20-12)26(2,24)25/h7-9H,3-6H2,1-2H3,(H,16,20)(H,18,19,23). The molecule has 0 amide bonds. The minimum absolute atomic E-state index is 0.0747. The van der Waals surface area contributed by atoms with E-state index in [1.807, 2.05) is 4.90 Å². The molecular formula is C15H19N7O3S. The van der Waals surface area contributed by atoms with Crippen molar-refractivity contribution in [3.63, 3.8) is 0 Å². The molecule has 1 aliphatic heterocycles. The molecule has 4 heterocycles. The Morgan fingerprint density at radius 3 is 2.65 bits per heavy atom. The average Bonchev–Trinajstić information content (AvgIpc) is 3.23. The SMILES string of the molecule is Cn1ncc2c(=O)[nH]c(N3CCC(c4[nH]ncc4S(C)(=O)=O)CC3)nc21. The summed E-state index contributed by atoms with van der Waals surface area (Å²) in [5, 5.41) is 11.3. The van der Waals surface area contributed by atoms with E-state index in [0.29, 0.717) is 35.8 Å². The van der Waals surface area contributed by atoms with E-state index in [9.17, 15) is 13.2 Å². The molecule has 4 rings (SSSR count). The van der Waals surface area contributed by atoms with E-state index in [1.165, 1.54) is 18.6 Å². The smallest absolute Gasteiger partial charge is 0.263 e. The third kappa shape index (κ3) is 2.77. The molecule has 10 nitrogen and oxygen atoms in total. The molecule has 0 saturated carbocycles. The minimum Gasteiger partial charge on any atom is -0.342 e. The van der Waals surface area contributed by atoms with Crippen molar-refractivity contribution >= 4 is 26.8 Å². The first-order valence-corrected chi connectivity index (χ1v) is 10.1. The van der Waals surface area contributed by atoms with Crippen LogP contribution in [0.1, 0.15) is 24.5 Å². The normalized spacial score (nSPS) is 16.5. The van der Waals surface area contributed by atoms with Gasteiger partial charge >= 0.3 is 0 Å². The molecule has 26 heavy (non-hydrogen) atoms. The maximum Gasteiger partial charge on any atom is 0.263 e. The molecule has 1 aliphatic rings. The van der Waals surface area contributed by atoms with Gasteiger partial charge in [0.2, 0.25) is 5.95 Å². The van der Waals surface area contributed by atoms with Gasteiger partial charge in [0.25, 0.3) is 5.56 Å². The summed E-state index contributed by atoms with van der Waals surface area (Å²) in [5.41, 5.74) is 0.989. The van der Waals surface area contributed by atoms with E-state index in [0.717, 1.165) is 12.8 Å². The van der Waals surface area contributed by atoms with Gasteiger partial charge in [-0.15, -0.1) is 0 Å². The van der Waals surface area contributed by atoms with Gasteiger partial charge in [0.15, 0.2) is 15.5 Å². The van der Waals surface area contributed by atoms with Crippen LogP contribution in [0.25, 0.3) is 11.0 Å². The quantitative estimate of drug-likeness (QED) is 0.665. The summed E-state index contributed by atoms with van der Waals surface area (Å²) in [7, 11) is -1.56. The number of nitrogens with zero attached hydrogens (tertiary/aromatic N) is 5. The second kappa shape index (κ2) is 5.94. The van der Waals surface area contributed by atoms with Crippen molar-refractivity contribution in [3.05, 3.63) is 28.4 Å². The molecule has 0 unspecified atom stereocenters. The molecule has 1 fully saturated rings. The summed E-state index contributed by atoms with van der Waals surface area (Å²) < 4.78 is 25.3. The molecule has 0 spiro atoms. The largest absolute Gasteiger partial charge is 0.342 e. The molecule has 0 atom stereocenters. The van der Waals surface area contributed by atoms with Crippen LogP contribution < -0.4 is 10.5 Å². The highest BCUT2D eigenvalue weighted by Gasteiger charge is 2.28. The fourth-order valence-corrected chi connectivity index (χ4v) is 4.28. The second-order valence-electron chi connectivity index (χ2n) is 6.58. The first-order valence-electron chi connectivity index (χ1n) is 8.25. The number of aryl methyl sites for hydroxylation is 1. The van der Waals surface area contributed by atoms with Crippen molar-refractivity contribution in [2.24, 2.45) is 7.05 Å². The number of rotatable bonds is 3. The van der Waals surface area contributed by atoms with Crippen molar-refractivity contribution in [3.8, 4) is 0 Å². The van der Waals surface area contributed by atoms with Crippen LogP contribution in [-0.2, 0) is 16.9 Å². The summed E-state index contributed by atoms with van der Waals surface area (Å²) in [6.07, 6.45) is 5.53. The molecular weight excluding hydrogens is 358 g/mol. The van der Waals surface area contributed by atoms with Crippen molar-refractivity contribution in [2.45, 2.75) is 23.7 Å². The highest BCUT2D eigenvalue weighted by Crippen LogP contribution is 2.31. The van der Waals surface area contributed by atoms with Crippen molar-refractivity contribution in [2.75, 3.05) is 24.2 Å². The zero-order valence-corrected chi connectivity index (χ0v) is 15.2. The number of aromatic nitrogens is 6. The second-order valence-corrected chi connectivity index (χ2v) is 8.56. The van der Waals surface area contributed by atoms with Crippen molar-refractivity contribution < 1.29 is 8.42 Å². The molecule has 0 aliphatic carbocycles. The number of fused-ring (bicyclic) bond motifs is 1.